The summed E-state index contributed by atoms with van der Waals surface area (Å²) in [6.45, 7) is 6.38. The van der Waals surface area contributed by atoms with Gasteiger partial charge >= 0.3 is 0 Å². The fourth-order valence-electron chi connectivity index (χ4n) is 1.85. The number of hydrogen-bond acceptors (Lipinski definition) is 3. The van der Waals surface area contributed by atoms with Crippen LogP contribution in [0.25, 0.3) is 0 Å². The molecule has 1 aromatic rings. The normalized spacial score (nSPS) is 14.8. The molecule has 0 spiro atoms. The molecule has 1 rings (SSSR count). The lowest BCUT2D eigenvalue weighted by Crippen LogP contribution is -2.28. The molecule has 2 nitrogen and oxygen atoms in total. The molecule has 1 heterocycles. The van der Waals surface area contributed by atoms with E-state index in [4.69, 9.17) is 4.74 Å². The predicted molar refractivity (Wildman–Crippen MR) is 78.7 cm³/mol. The average molecular weight is 320 g/mol. The molecule has 17 heavy (non-hydrogen) atoms. The second-order valence-corrected chi connectivity index (χ2v) is 6.13. The Kier molecular flexibility index (Phi) is 7.35. The minimum Gasteiger partial charge on any atom is -0.385 e. The van der Waals surface area contributed by atoms with Crippen LogP contribution in [-0.2, 0) is 4.74 Å². The molecule has 0 saturated carbocycles. The van der Waals surface area contributed by atoms with Crippen molar-refractivity contribution >= 4 is 27.3 Å². The molecule has 0 aliphatic rings. The van der Waals surface area contributed by atoms with E-state index in [1.165, 1.54) is 9.35 Å². The molecule has 0 fully saturated rings. The minimum atomic E-state index is 0.430. The zero-order valence-electron chi connectivity index (χ0n) is 10.8. The minimum absolute atomic E-state index is 0.430. The Morgan fingerprint density at radius 1 is 1.53 bits per heavy atom. The summed E-state index contributed by atoms with van der Waals surface area (Å²) >= 11 is 5.45. The van der Waals surface area contributed by atoms with Crippen LogP contribution in [0, 0.1) is 5.92 Å². The third-order valence-electron chi connectivity index (χ3n) is 2.89. The van der Waals surface area contributed by atoms with Crippen LogP contribution in [0.15, 0.2) is 15.9 Å². The Morgan fingerprint density at radius 3 is 2.82 bits per heavy atom. The molecule has 0 aliphatic carbocycles. The first-order valence-corrected chi connectivity index (χ1v) is 7.83. The van der Waals surface area contributed by atoms with E-state index in [1.54, 1.807) is 7.11 Å². The van der Waals surface area contributed by atoms with Crippen molar-refractivity contribution in [2.24, 2.45) is 5.92 Å². The van der Waals surface area contributed by atoms with E-state index in [0.29, 0.717) is 12.0 Å². The highest BCUT2D eigenvalue weighted by Gasteiger charge is 2.21. The van der Waals surface area contributed by atoms with Crippen molar-refractivity contribution in [2.45, 2.75) is 32.7 Å². The molecule has 98 valence electrons. The predicted octanol–water partition coefficient (Wildman–Crippen LogP) is 4.22. The number of thiophene rings is 1. The molecular formula is C13H22BrNOS. The quantitative estimate of drug-likeness (QED) is 0.774. The lowest BCUT2D eigenvalue weighted by Gasteiger charge is -2.24. The Hall–Kier alpha value is 0.1000. The molecule has 2 atom stereocenters. The molecule has 2 unspecified atom stereocenters. The van der Waals surface area contributed by atoms with E-state index in [0.717, 1.165) is 26.0 Å². The van der Waals surface area contributed by atoms with E-state index in [9.17, 15) is 0 Å². The van der Waals surface area contributed by atoms with Crippen molar-refractivity contribution in [2.75, 3.05) is 20.3 Å². The van der Waals surface area contributed by atoms with E-state index < -0.39 is 0 Å². The van der Waals surface area contributed by atoms with Gasteiger partial charge in [-0.2, -0.15) is 0 Å². The number of rotatable bonds is 8. The van der Waals surface area contributed by atoms with Gasteiger partial charge in [-0.15, -0.1) is 11.3 Å². The molecule has 0 bridgehead atoms. The van der Waals surface area contributed by atoms with Crippen LogP contribution in [0.2, 0.25) is 0 Å². The molecule has 0 amide bonds. The zero-order valence-corrected chi connectivity index (χ0v) is 13.2. The zero-order chi connectivity index (χ0) is 12.7. The molecule has 0 aliphatic heterocycles. The molecular weight excluding hydrogens is 298 g/mol. The van der Waals surface area contributed by atoms with Crippen LogP contribution in [-0.4, -0.2) is 20.3 Å². The highest BCUT2D eigenvalue weighted by atomic mass is 79.9. The SMILES string of the molecule is CCCNC(c1sccc1Br)C(C)CCOC. The Balaban J connectivity index is 2.69. The lowest BCUT2D eigenvalue weighted by atomic mass is 9.97. The van der Waals surface area contributed by atoms with E-state index >= 15 is 0 Å². The molecule has 1 N–H and O–H groups in total. The maximum Gasteiger partial charge on any atom is 0.0465 e. The van der Waals surface area contributed by atoms with Crippen molar-refractivity contribution in [3.63, 3.8) is 0 Å². The first-order valence-electron chi connectivity index (χ1n) is 6.15. The highest BCUT2D eigenvalue weighted by Crippen LogP contribution is 2.34. The van der Waals surface area contributed by atoms with Gasteiger partial charge in [0, 0.05) is 29.1 Å². The highest BCUT2D eigenvalue weighted by molar-refractivity contribution is 9.10. The van der Waals surface area contributed by atoms with Gasteiger partial charge in [0.15, 0.2) is 0 Å². The Labute approximate surface area is 117 Å². The molecule has 0 radical (unpaired) electrons. The van der Waals surface area contributed by atoms with Gasteiger partial charge in [0.05, 0.1) is 0 Å². The summed E-state index contributed by atoms with van der Waals surface area (Å²) in [5.41, 5.74) is 0. The van der Waals surface area contributed by atoms with Gasteiger partial charge < -0.3 is 10.1 Å². The summed E-state index contributed by atoms with van der Waals surface area (Å²) in [6.07, 6.45) is 2.25. The number of halogens is 1. The van der Waals surface area contributed by atoms with Crippen molar-refractivity contribution in [3.05, 3.63) is 20.8 Å². The smallest absolute Gasteiger partial charge is 0.0465 e. The van der Waals surface area contributed by atoms with Crippen LogP contribution >= 0.6 is 27.3 Å². The van der Waals surface area contributed by atoms with Gasteiger partial charge in [0.25, 0.3) is 0 Å². The monoisotopic (exact) mass is 319 g/mol. The van der Waals surface area contributed by atoms with Gasteiger partial charge in [-0.3, -0.25) is 0 Å². The maximum absolute atomic E-state index is 5.18. The third-order valence-corrected chi connectivity index (χ3v) is 4.84. The van der Waals surface area contributed by atoms with Crippen molar-refractivity contribution in [1.82, 2.24) is 5.32 Å². The second kappa shape index (κ2) is 8.25. The fourth-order valence-corrected chi connectivity index (χ4v) is 3.68. The van der Waals surface area contributed by atoms with Crippen molar-refractivity contribution < 1.29 is 4.74 Å². The van der Waals surface area contributed by atoms with E-state index in [-0.39, 0.29) is 0 Å². The Morgan fingerprint density at radius 2 is 2.29 bits per heavy atom. The van der Waals surface area contributed by atoms with Crippen LogP contribution in [0.1, 0.15) is 37.6 Å². The van der Waals surface area contributed by atoms with E-state index in [1.807, 2.05) is 11.3 Å². The van der Waals surface area contributed by atoms with Crippen LogP contribution < -0.4 is 5.32 Å². The van der Waals surface area contributed by atoms with Gasteiger partial charge in [-0.05, 0) is 52.7 Å². The summed E-state index contributed by atoms with van der Waals surface area (Å²) in [7, 11) is 1.77. The van der Waals surface area contributed by atoms with Gasteiger partial charge in [0.1, 0.15) is 0 Å². The summed E-state index contributed by atoms with van der Waals surface area (Å²) in [6, 6.07) is 2.56. The fraction of sp³-hybridized carbons (Fsp3) is 0.692. The van der Waals surface area contributed by atoms with Gasteiger partial charge in [0.2, 0.25) is 0 Å². The molecule has 0 saturated heterocycles. The van der Waals surface area contributed by atoms with Crippen LogP contribution in [0.5, 0.6) is 0 Å². The van der Waals surface area contributed by atoms with Crippen LogP contribution in [0.3, 0.4) is 0 Å². The number of nitrogens with one attached hydrogen (secondary N) is 1. The maximum atomic E-state index is 5.18. The number of methoxy groups -OCH3 is 1. The van der Waals surface area contributed by atoms with Gasteiger partial charge in [-0.25, -0.2) is 0 Å². The second-order valence-electron chi connectivity index (χ2n) is 4.32. The van der Waals surface area contributed by atoms with Crippen LogP contribution in [0.4, 0.5) is 0 Å². The van der Waals surface area contributed by atoms with Gasteiger partial charge in [-0.1, -0.05) is 13.8 Å². The standard InChI is InChI=1S/C13H22BrNOS/c1-4-7-15-12(10(2)5-8-16-3)13-11(14)6-9-17-13/h6,9-10,12,15H,4-5,7-8H2,1-3H3. The summed E-state index contributed by atoms with van der Waals surface area (Å²) < 4.78 is 6.40. The van der Waals surface area contributed by atoms with E-state index in [2.05, 4.69) is 46.5 Å². The molecule has 1 aromatic heterocycles. The third kappa shape index (κ3) is 4.70. The summed E-state index contributed by atoms with van der Waals surface area (Å²) in [5.74, 6) is 0.580. The largest absolute Gasteiger partial charge is 0.385 e. The number of ether oxygens (including phenoxy) is 1. The first kappa shape index (κ1) is 15.2. The van der Waals surface area contributed by atoms with Crippen molar-refractivity contribution in [1.29, 1.82) is 0 Å². The first-order chi connectivity index (χ1) is 8.20. The average Bonchev–Trinajstić information content (AvgIpc) is 2.73. The Bertz CT molecular complexity index is 316. The number of hydrogen-bond donors (Lipinski definition) is 1. The molecule has 4 heteroatoms. The summed E-state index contributed by atoms with van der Waals surface area (Å²) in [4.78, 5) is 1.40. The summed E-state index contributed by atoms with van der Waals surface area (Å²) in [5, 5.41) is 5.79. The lowest BCUT2D eigenvalue weighted by molar-refractivity contribution is 0.170. The van der Waals surface area contributed by atoms with Crippen molar-refractivity contribution in [3.8, 4) is 0 Å². The topological polar surface area (TPSA) is 21.3 Å². The molecule has 0 aromatic carbocycles.